The van der Waals surface area contributed by atoms with Crippen molar-refractivity contribution in [3.8, 4) is 23.0 Å². The van der Waals surface area contributed by atoms with Crippen molar-refractivity contribution in [2.75, 3.05) is 31.2 Å². The van der Waals surface area contributed by atoms with Crippen LogP contribution in [0, 0.1) is 5.92 Å². The van der Waals surface area contributed by atoms with Gasteiger partial charge in [-0.15, -0.1) is 0 Å². The molecule has 0 N–H and O–H groups in total. The summed E-state index contributed by atoms with van der Waals surface area (Å²) in [7, 11) is 2.01. The van der Waals surface area contributed by atoms with E-state index in [9.17, 15) is 0 Å². The number of fused-ring (bicyclic) bond motifs is 1. The van der Waals surface area contributed by atoms with Crippen molar-refractivity contribution in [3.63, 3.8) is 0 Å². The van der Waals surface area contributed by atoms with Gasteiger partial charge in [-0.1, -0.05) is 72.8 Å². The number of benzene rings is 3. The largest absolute Gasteiger partial charge is 0.473 e. The van der Waals surface area contributed by atoms with Crippen LogP contribution < -0.4 is 14.4 Å². The number of ether oxygens (including phenoxy) is 4. The highest BCUT2D eigenvalue weighted by Crippen LogP contribution is 2.39. The van der Waals surface area contributed by atoms with Crippen LogP contribution in [0.4, 0.5) is 5.69 Å². The Balaban J connectivity index is 1.19. The first-order chi connectivity index (χ1) is 21.2. The Morgan fingerprint density at radius 3 is 2.14 bits per heavy atom. The summed E-state index contributed by atoms with van der Waals surface area (Å²) in [6, 6.07) is 30.6. The molecule has 0 unspecified atom stereocenters. The maximum atomic E-state index is 6.36. The Morgan fingerprint density at radius 2 is 1.44 bits per heavy atom. The van der Waals surface area contributed by atoms with Gasteiger partial charge in [-0.05, 0) is 36.1 Å². The monoisotopic (exact) mass is 576 g/mol. The van der Waals surface area contributed by atoms with E-state index in [4.69, 9.17) is 29.0 Å². The molecule has 0 radical (unpaired) electrons. The van der Waals surface area contributed by atoms with E-state index in [1.54, 1.807) is 0 Å². The zero-order valence-electron chi connectivity index (χ0n) is 24.4. The van der Waals surface area contributed by atoms with Crippen LogP contribution in [0.5, 0.6) is 11.8 Å². The van der Waals surface area contributed by atoms with Gasteiger partial charge in [0.1, 0.15) is 18.9 Å². The number of aromatic nitrogens is 3. The lowest BCUT2D eigenvalue weighted by Crippen LogP contribution is -2.38. The Labute approximate surface area is 251 Å². The molecule has 8 nitrogen and oxygen atoms in total. The van der Waals surface area contributed by atoms with Gasteiger partial charge in [0.25, 0.3) is 0 Å². The number of para-hydroxylation sites is 1. The van der Waals surface area contributed by atoms with Gasteiger partial charge in [-0.3, -0.25) is 4.68 Å². The van der Waals surface area contributed by atoms with E-state index in [0.29, 0.717) is 44.1 Å². The van der Waals surface area contributed by atoms with Gasteiger partial charge < -0.3 is 23.8 Å². The molecule has 2 fully saturated rings. The molecule has 2 aliphatic heterocycles. The third-order valence-electron chi connectivity index (χ3n) is 8.29. The molecule has 2 saturated heterocycles. The number of pyridine rings is 1. The number of anilines is 1. The van der Waals surface area contributed by atoms with Crippen LogP contribution in [0.3, 0.4) is 0 Å². The second-order valence-electron chi connectivity index (χ2n) is 11.1. The number of hydrogen-bond donors (Lipinski definition) is 0. The topological polar surface area (TPSA) is 70.9 Å². The third kappa shape index (κ3) is 5.94. The highest BCUT2D eigenvalue weighted by Gasteiger charge is 2.31. The molecule has 0 spiro atoms. The van der Waals surface area contributed by atoms with Gasteiger partial charge in [0.05, 0.1) is 30.0 Å². The standard InChI is InChI=1S/C35H36N4O4/c1-38-33-28(13-8-14-30(33)39-19-17-27(18-20-39)35-40-21-22-41-35)32(37-38)29-15-16-31(42-23-25-9-4-2-5-10-25)36-34(29)43-24-26-11-6-3-7-12-26/h2-16,27,35H,17-24H2,1H3. The highest BCUT2D eigenvalue weighted by molar-refractivity contribution is 6.01. The van der Waals surface area contributed by atoms with E-state index in [1.807, 2.05) is 84.5 Å². The normalized spacial score (nSPS) is 16.2. The molecule has 8 heteroatoms. The van der Waals surface area contributed by atoms with Crippen LogP contribution in [0.25, 0.3) is 22.2 Å². The predicted molar refractivity (Wildman–Crippen MR) is 166 cm³/mol. The molecule has 5 aromatic rings. The Bertz CT molecular complexity index is 1660. The quantitative estimate of drug-likeness (QED) is 0.202. The van der Waals surface area contributed by atoms with Crippen LogP contribution in [0.1, 0.15) is 24.0 Å². The van der Waals surface area contributed by atoms with E-state index in [0.717, 1.165) is 59.2 Å². The Hall–Kier alpha value is -4.40. The average Bonchev–Trinajstić information content (AvgIpc) is 3.73. The summed E-state index contributed by atoms with van der Waals surface area (Å²) in [6.07, 6.45) is 2.03. The van der Waals surface area contributed by atoms with Crippen LogP contribution in [-0.4, -0.2) is 47.4 Å². The number of hydrogen-bond acceptors (Lipinski definition) is 7. The second-order valence-corrected chi connectivity index (χ2v) is 11.1. The zero-order valence-corrected chi connectivity index (χ0v) is 24.4. The average molecular weight is 577 g/mol. The summed E-state index contributed by atoms with van der Waals surface area (Å²) >= 11 is 0. The lowest BCUT2D eigenvalue weighted by molar-refractivity contribution is -0.0889. The van der Waals surface area contributed by atoms with Crippen molar-refractivity contribution in [1.29, 1.82) is 0 Å². The SMILES string of the molecule is Cn1nc(-c2ccc(OCc3ccccc3)nc2OCc2ccccc2)c2cccc(N3CCC(C4OCCO4)CC3)c21. The van der Waals surface area contributed by atoms with Crippen LogP contribution >= 0.6 is 0 Å². The number of aryl methyl sites for hydroxylation is 1. The number of piperidine rings is 1. The van der Waals surface area contributed by atoms with Crippen molar-refractivity contribution < 1.29 is 18.9 Å². The van der Waals surface area contributed by atoms with Gasteiger partial charge in [0, 0.05) is 37.5 Å². The highest BCUT2D eigenvalue weighted by atomic mass is 16.7. The molecule has 4 heterocycles. The van der Waals surface area contributed by atoms with Gasteiger partial charge in [-0.2, -0.15) is 10.1 Å². The van der Waals surface area contributed by atoms with Gasteiger partial charge in [0.15, 0.2) is 6.29 Å². The van der Waals surface area contributed by atoms with Gasteiger partial charge in [-0.25, -0.2) is 0 Å². The van der Waals surface area contributed by atoms with Gasteiger partial charge >= 0.3 is 0 Å². The molecule has 43 heavy (non-hydrogen) atoms. The summed E-state index contributed by atoms with van der Waals surface area (Å²) in [4.78, 5) is 7.29. The van der Waals surface area contributed by atoms with Crippen molar-refractivity contribution >= 4 is 16.6 Å². The van der Waals surface area contributed by atoms with E-state index >= 15 is 0 Å². The first-order valence-electron chi connectivity index (χ1n) is 15.0. The first-order valence-corrected chi connectivity index (χ1v) is 15.0. The molecule has 0 amide bonds. The van der Waals surface area contributed by atoms with E-state index in [1.165, 1.54) is 5.69 Å². The number of nitrogens with zero attached hydrogens (tertiary/aromatic N) is 4. The molecule has 2 aromatic heterocycles. The van der Waals surface area contributed by atoms with Crippen molar-refractivity contribution in [1.82, 2.24) is 14.8 Å². The molecule has 0 bridgehead atoms. The smallest absolute Gasteiger partial charge is 0.226 e. The van der Waals surface area contributed by atoms with Crippen molar-refractivity contribution in [3.05, 3.63) is 102 Å². The molecule has 0 saturated carbocycles. The van der Waals surface area contributed by atoms with Crippen LogP contribution in [0.2, 0.25) is 0 Å². The van der Waals surface area contributed by atoms with Crippen LogP contribution in [-0.2, 0) is 29.7 Å². The number of rotatable bonds is 9. The summed E-state index contributed by atoms with van der Waals surface area (Å²) in [5, 5.41) is 6.09. The minimum atomic E-state index is -0.0531. The van der Waals surface area contributed by atoms with Crippen molar-refractivity contribution in [2.45, 2.75) is 32.3 Å². The lowest BCUT2D eigenvalue weighted by Gasteiger charge is -2.35. The first kappa shape index (κ1) is 27.4. The van der Waals surface area contributed by atoms with Crippen LogP contribution in [0.15, 0.2) is 91.0 Å². The fourth-order valence-corrected chi connectivity index (χ4v) is 6.08. The molecule has 2 aliphatic rings. The predicted octanol–water partition coefficient (Wildman–Crippen LogP) is 6.38. The zero-order chi connectivity index (χ0) is 29.0. The summed E-state index contributed by atoms with van der Waals surface area (Å²) in [6.45, 7) is 4.13. The minimum Gasteiger partial charge on any atom is -0.473 e. The second kappa shape index (κ2) is 12.5. The molecule has 3 aromatic carbocycles. The Morgan fingerprint density at radius 1 is 0.767 bits per heavy atom. The third-order valence-corrected chi connectivity index (χ3v) is 8.29. The molecular weight excluding hydrogens is 540 g/mol. The van der Waals surface area contributed by atoms with Gasteiger partial charge in [0.2, 0.25) is 11.8 Å². The van der Waals surface area contributed by atoms with E-state index in [-0.39, 0.29) is 6.29 Å². The molecule has 0 aliphatic carbocycles. The maximum absolute atomic E-state index is 6.36. The molecule has 0 atom stereocenters. The fourth-order valence-electron chi connectivity index (χ4n) is 6.08. The maximum Gasteiger partial charge on any atom is 0.226 e. The molecule has 7 rings (SSSR count). The van der Waals surface area contributed by atoms with Crippen molar-refractivity contribution in [2.24, 2.45) is 13.0 Å². The lowest BCUT2D eigenvalue weighted by atomic mass is 9.95. The van der Waals surface area contributed by atoms with E-state index < -0.39 is 0 Å². The van der Waals surface area contributed by atoms with E-state index in [2.05, 4.69) is 23.1 Å². The summed E-state index contributed by atoms with van der Waals surface area (Å²) in [5.41, 5.74) is 6.11. The minimum absolute atomic E-state index is 0.0531. The summed E-state index contributed by atoms with van der Waals surface area (Å²) < 4.78 is 26.0. The Kier molecular flexibility index (Phi) is 7.94. The summed E-state index contributed by atoms with van der Waals surface area (Å²) in [5.74, 6) is 1.45. The molecule has 220 valence electrons. The fraction of sp³-hybridized carbons (Fsp3) is 0.314. The molecular formula is C35H36N4O4.